The molecule has 2 N–H and O–H groups in total. The van der Waals surface area contributed by atoms with E-state index in [1.54, 1.807) is 12.1 Å². The van der Waals surface area contributed by atoms with E-state index in [0.29, 0.717) is 31.6 Å². The maximum atomic E-state index is 12.4. The predicted octanol–water partition coefficient (Wildman–Crippen LogP) is 2.00. The van der Waals surface area contributed by atoms with Crippen LogP contribution in [0.15, 0.2) is 24.3 Å². The first-order valence-electron chi connectivity index (χ1n) is 7.26. The zero-order chi connectivity index (χ0) is 15.3. The van der Waals surface area contributed by atoms with E-state index < -0.39 is 11.5 Å². The van der Waals surface area contributed by atoms with Crippen molar-refractivity contribution in [1.29, 1.82) is 0 Å². The number of carbonyl (C=O) groups is 2. The Morgan fingerprint density at radius 2 is 1.86 bits per heavy atom. The highest BCUT2D eigenvalue weighted by Crippen LogP contribution is 2.25. The number of rotatable bonds is 5. The van der Waals surface area contributed by atoms with E-state index in [4.69, 9.17) is 9.84 Å². The van der Waals surface area contributed by atoms with E-state index in [1.807, 2.05) is 12.1 Å². The van der Waals surface area contributed by atoms with Gasteiger partial charge in [-0.3, -0.25) is 9.59 Å². The Balaban J connectivity index is 2.11. The van der Waals surface area contributed by atoms with Crippen molar-refractivity contribution < 1.29 is 19.4 Å². The lowest BCUT2D eigenvalue weighted by molar-refractivity contribution is -0.139. The molecule has 2 rings (SSSR count). The molecule has 0 saturated carbocycles. The molecule has 1 fully saturated rings. The number of amides is 1. The second kappa shape index (κ2) is 6.72. The van der Waals surface area contributed by atoms with Crippen LogP contribution in [0.2, 0.25) is 0 Å². The van der Waals surface area contributed by atoms with E-state index in [9.17, 15) is 9.59 Å². The monoisotopic (exact) mass is 291 g/mol. The lowest BCUT2D eigenvalue weighted by Gasteiger charge is -2.36. The van der Waals surface area contributed by atoms with E-state index in [-0.39, 0.29) is 12.3 Å². The first-order chi connectivity index (χ1) is 10.0. The maximum Gasteiger partial charge on any atom is 0.305 e. The van der Waals surface area contributed by atoms with Crippen LogP contribution in [0, 0.1) is 0 Å². The largest absolute Gasteiger partial charge is 0.481 e. The van der Waals surface area contributed by atoms with Gasteiger partial charge in [0, 0.05) is 18.8 Å². The van der Waals surface area contributed by atoms with Crippen LogP contribution < -0.4 is 5.32 Å². The molecule has 1 aromatic rings. The summed E-state index contributed by atoms with van der Waals surface area (Å²) in [5, 5.41) is 12.0. The molecule has 21 heavy (non-hydrogen) atoms. The van der Waals surface area contributed by atoms with E-state index in [2.05, 4.69) is 12.2 Å². The number of hydrogen-bond acceptors (Lipinski definition) is 3. The Morgan fingerprint density at radius 1 is 1.24 bits per heavy atom. The minimum atomic E-state index is -0.904. The summed E-state index contributed by atoms with van der Waals surface area (Å²) in [6.45, 7) is 3.00. The Hall–Kier alpha value is -1.88. The quantitative estimate of drug-likeness (QED) is 0.870. The fourth-order valence-corrected chi connectivity index (χ4v) is 2.60. The third-order valence-corrected chi connectivity index (χ3v) is 3.94. The summed E-state index contributed by atoms with van der Waals surface area (Å²) in [6, 6.07) is 7.40. The molecule has 0 aromatic heterocycles. The van der Waals surface area contributed by atoms with Gasteiger partial charge in [0.05, 0.1) is 12.0 Å². The van der Waals surface area contributed by atoms with Gasteiger partial charge in [0.1, 0.15) is 0 Å². The fourth-order valence-electron chi connectivity index (χ4n) is 2.60. The lowest BCUT2D eigenvalue weighted by Crippen LogP contribution is -2.53. The predicted molar refractivity (Wildman–Crippen MR) is 78.3 cm³/mol. The number of carboxylic acid groups (broad SMARTS) is 1. The van der Waals surface area contributed by atoms with Crippen LogP contribution in [0.4, 0.5) is 0 Å². The van der Waals surface area contributed by atoms with Crippen LogP contribution in [-0.2, 0) is 16.0 Å². The van der Waals surface area contributed by atoms with Crippen molar-refractivity contribution in [2.24, 2.45) is 0 Å². The third-order valence-electron chi connectivity index (χ3n) is 3.94. The first-order valence-corrected chi connectivity index (χ1v) is 7.26. The highest BCUT2D eigenvalue weighted by Gasteiger charge is 2.36. The van der Waals surface area contributed by atoms with Crippen molar-refractivity contribution in [3.63, 3.8) is 0 Å². The summed E-state index contributed by atoms with van der Waals surface area (Å²) in [6.07, 6.45) is 1.90. The molecule has 1 amide bonds. The highest BCUT2D eigenvalue weighted by atomic mass is 16.5. The summed E-state index contributed by atoms with van der Waals surface area (Å²) in [5.74, 6) is -1.13. The topological polar surface area (TPSA) is 75.6 Å². The zero-order valence-corrected chi connectivity index (χ0v) is 12.2. The second-order valence-electron chi connectivity index (χ2n) is 5.47. The van der Waals surface area contributed by atoms with Crippen LogP contribution in [0.3, 0.4) is 0 Å². The molecule has 0 radical (unpaired) electrons. The third kappa shape index (κ3) is 4.04. The number of ether oxygens (including phenoxy) is 1. The molecule has 5 heteroatoms. The standard InChI is InChI=1S/C16H21NO4/c1-2-12-3-5-13(6-4-12)15(20)17-16(11-14(18)19)7-9-21-10-8-16/h3-6H,2,7-11H2,1H3,(H,17,20)(H,18,19). The van der Waals surface area contributed by atoms with Gasteiger partial charge in [0.25, 0.3) is 5.91 Å². The van der Waals surface area contributed by atoms with Crippen LogP contribution >= 0.6 is 0 Å². The number of hydrogen-bond donors (Lipinski definition) is 2. The average Bonchev–Trinajstić information content (AvgIpc) is 2.47. The summed E-state index contributed by atoms with van der Waals surface area (Å²) >= 11 is 0. The molecule has 0 atom stereocenters. The normalized spacial score (nSPS) is 17.2. The number of carbonyl (C=O) groups excluding carboxylic acids is 1. The van der Waals surface area contributed by atoms with Crippen molar-refractivity contribution in [3.05, 3.63) is 35.4 Å². The lowest BCUT2D eigenvalue weighted by atomic mass is 9.86. The number of nitrogens with one attached hydrogen (secondary N) is 1. The highest BCUT2D eigenvalue weighted by molar-refractivity contribution is 5.95. The zero-order valence-electron chi connectivity index (χ0n) is 12.2. The van der Waals surface area contributed by atoms with Gasteiger partial charge < -0.3 is 15.2 Å². The summed E-state index contributed by atoms with van der Waals surface area (Å²) in [4.78, 5) is 23.4. The van der Waals surface area contributed by atoms with Crippen molar-refractivity contribution in [3.8, 4) is 0 Å². The summed E-state index contributed by atoms with van der Waals surface area (Å²) in [7, 11) is 0. The SMILES string of the molecule is CCc1ccc(C(=O)NC2(CC(=O)O)CCOCC2)cc1. The van der Waals surface area contributed by atoms with Crippen LogP contribution in [0.1, 0.15) is 42.1 Å². The molecule has 1 heterocycles. The van der Waals surface area contributed by atoms with Crippen LogP contribution in [0.5, 0.6) is 0 Å². The minimum absolute atomic E-state index is 0.0743. The Morgan fingerprint density at radius 3 is 2.38 bits per heavy atom. The van der Waals surface area contributed by atoms with Gasteiger partial charge >= 0.3 is 5.97 Å². The molecule has 1 saturated heterocycles. The molecule has 1 aliphatic heterocycles. The Kier molecular flexibility index (Phi) is 4.96. The summed E-state index contributed by atoms with van der Waals surface area (Å²) in [5.41, 5.74) is 1.02. The molecular formula is C16H21NO4. The smallest absolute Gasteiger partial charge is 0.305 e. The van der Waals surface area contributed by atoms with Gasteiger partial charge in [-0.15, -0.1) is 0 Å². The number of aryl methyl sites for hydroxylation is 1. The van der Waals surface area contributed by atoms with Gasteiger partial charge in [-0.05, 0) is 37.0 Å². The molecular weight excluding hydrogens is 270 g/mol. The molecule has 1 aromatic carbocycles. The maximum absolute atomic E-state index is 12.4. The van der Waals surface area contributed by atoms with Crippen molar-refractivity contribution in [2.75, 3.05) is 13.2 Å². The van der Waals surface area contributed by atoms with Gasteiger partial charge in [-0.1, -0.05) is 19.1 Å². The number of benzene rings is 1. The molecule has 1 aliphatic rings. The first kappa shape index (κ1) is 15.5. The molecule has 0 spiro atoms. The number of aliphatic carboxylic acids is 1. The molecule has 0 unspecified atom stereocenters. The Bertz CT molecular complexity index is 504. The van der Waals surface area contributed by atoms with Crippen molar-refractivity contribution >= 4 is 11.9 Å². The van der Waals surface area contributed by atoms with Crippen molar-refractivity contribution in [1.82, 2.24) is 5.32 Å². The second-order valence-corrected chi connectivity index (χ2v) is 5.47. The van der Waals surface area contributed by atoms with E-state index >= 15 is 0 Å². The molecule has 114 valence electrons. The average molecular weight is 291 g/mol. The fraction of sp³-hybridized carbons (Fsp3) is 0.500. The van der Waals surface area contributed by atoms with Crippen LogP contribution in [0.25, 0.3) is 0 Å². The van der Waals surface area contributed by atoms with Gasteiger partial charge in [-0.25, -0.2) is 0 Å². The summed E-state index contributed by atoms with van der Waals surface area (Å²) < 4.78 is 5.28. The van der Waals surface area contributed by atoms with Crippen LogP contribution in [-0.4, -0.2) is 35.7 Å². The van der Waals surface area contributed by atoms with Gasteiger partial charge in [-0.2, -0.15) is 0 Å². The minimum Gasteiger partial charge on any atom is -0.481 e. The molecule has 5 nitrogen and oxygen atoms in total. The molecule has 0 aliphatic carbocycles. The van der Waals surface area contributed by atoms with Gasteiger partial charge in [0.15, 0.2) is 0 Å². The van der Waals surface area contributed by atoms with Crippen molar-refractivity contribution in [2.45, 2.75) is 38.1 Å². The van der Waals surface area contributed by atoms with E-state index in [1.165, 1.54) is 0 Å². The van der Waals surface area contributed by atoms with Gasteiger partial charge in [0.2, 0.25) is 0 Å². The molecule has 0 bridgehead atoms. The van der Waals surface area contributed by atoms with E-state index in [0.717, 1.165) is 12.0 Å². The number of carboxylic acids is 1. The Labute approximate surface area is 124 Å².